The Morgan fingerprint density at radius 1 is 1.03 bits per heavy atom. The maximum atomic E-state index is 9.85. The molecule has 6 nitrogen and oxygen atoms in total. The van der Waals surface area contributed by atoms with Crippen LogP contribution in [-0.4, -0.2) is 27.2 Å². The van der Waals surface area contributed by atoms with E-state index >= 15 is 0 Å². The van der Waals surface area contributed by atoms with Crippen LogP contribution in [0.15, 0.2) is 73.1 Å². The standard InChI is InChI=1S/C26H24N4O2/c1-17-14-20(10-13-25(17)32-21-6-4-3-5-7-21)30-26-22-15-19(9-12-24(31)18(2)27)8-11-23(22)28-16-29-26/h3-8,10-11,13-16,18,24,31H,27H2,1-2H3,(H,28,29,30). The van der Waals surface area contributed by atoms with Gasteiger partial charge >= 0.3 is 0 Å². The molecular formula is C26H24N4O2. The zero-order valence-electron chi connectivity index (χ0n) is 17.9. The number of para-hydroxylation sites is 1. The number of ether oxygens (including phenoxy) is 1. The SMILES string of the molecule is Cc1cc(Nc2ncnc3ccc(C#CC(O)C(C)N)cc23)ccc1Oc1ccccc1. The number of aromatic nitrogens is 2. The lowest BCUT2D eigenvalue weighted by Gasteiger charge is -2.12. The van der Waals surface area contributed by atoms with Crippen LogP contribution in [0.3, 0.4) is 0 Å². The number of nitrogens with one attached hydrogen (secondary N) is 1. The number of fused-ring (bicyclic) bond motifs is 1. The highest BCUT2D eigenvalue weighted by atomic mass is 16.5. The molecule has 4 rings (SSSR count). The Balaban J connectivity index is 1.59. The average molecular weight is 425 g/mol. The number of hydrogen-bond acceptors (Lipinski definition) is 6. The molecule has 0 fully saturated rings. The van der Waals surface area contributed by atoms with Crippen molar-refractivity contribution in [2.45, 2.75) is 26.0 Å². The first-order valence-electron chi connectivity index (χ1n) is 10.3. The van der Waals surface area contributed by atoms with E-state index in [1.54, 1.807) is 6.92 Å². The highest BCUT2D eigenvalue weighted by molar-refractivity contribution is 5.91. The second kappa shape index (κ2) is 9.48. The molecule has 0 amide bonds. The van der Waals surface area contributed by atoms with Gasteiger partial charge in [-0.1, -0.05) is 30.0 Å². The summed E-state index contributed by atoms with van der Waals surface area (Å²) in [6.07, 6.45) is 0.644. The van der Waals surface area contributed by atoms with Crippen molar-refractivity contribution in [1.29, 1.82) is 0 Å². The first kappa shape index (κ1) is 21.3. The fourth-order valence-corrected chi connectivity index (χ4v) is 3.12. The second-order valence-corrected chi connectivity index (χ2v) is 7.55. The zero-order chi connectivity index (χ0) is 22.5. The summed E-state index contributed by atoms with van der Waals surface area (Å²) in [4.78, 5) is 8.75. The van der Waals surface area contributed by atoms with Gasteiger partial charge in [0.15, 0.2) is 0 Å². The van der Waals surface area contributed by atoms with Gasteiger partial charge in [-0.25, -0.2) is 9.97 Å². The fourth-order valence-electron chi connectivity index (χ4n) is 3.12. The predicted molar refractivity (Wildman–Crippen MR) is 127 cm³/mol. The summed E-state index contributed by atoms with van der Waals surface area (Å²) < 4.78 is 5.97. The van der Waals surface area contributed by atoms with Crippen LogP contribution in [0.2, 0.25) is 0 Å². The smallest absolute Gasteiger partial charge is 0.141 e. The van der Waals surface area contributed by atoms with Crippen molar-refractivity contribution in [2.24, 2.45) is 5.73 Å². The Labute approximate surface area is 187 Å². The molecule has 4 N–H and O–H groups in total. The third-order valence-electron chi connectivity index (χ3n) is 4.91. The summed E-state index contributed by atoms with van der Waals surface area (Å²) in [5.74, 6) is 7.99. The van der Waals surface area contributed by atoms with E-state index in [9.17, 15) is 5.11 Å². The lowest BCUT2D eigenvalue weighted by molar-refractivity contribution is 0.207. The molecule has 2 atom stereocenters. The lowest BCUT2D eigenvalue weighted by Crippen LogP contribution is -2.29. The second-order valence-electron chi connectivity index (χ2n) is 7.55. The van der Waals surface area contributed by atoms with Crippen molar-refractivity contribution < 1.29 is 9.84 Å². The Bertz CT molecular complexity index is 1290. The van der Waals surface area contributed by atoms with Crippen LogP contribution >= 0.6 is 0 Å². The Kier molecular flexibility index (Phi) is 6.31. The number of hydrogen-bond donors (Lipinski definition) is 3. The third-order valence-corrected chi connectivity index (χ3v) is 4.91. The molecule has 1 aromatic heterocycles. The zero-order valence-corrected chi connectivity index (χ0v) is 17.9. The van der Waals surface area contributed by atoms with Crippen molar-refractivity contribution in [3.63, 3.8) is 0 Å². The Hall–Kier alpha value is -3.92. The molecule has 0 saturated heterocycles. The molecule has 0 aliphatic rings. The number of aliphatic hydroxyl groups excluding tert-OH is 1. The molecule has 1 heterocycles. The largest absolute Gasteiger partial charge is 0.457 e. The number of nitrogens with zero attached hydrogens (tertiary/aromatic N) is 2. The third kappa shape index (κ3) is 5.03. The minimum absolute atomic E-state index is 0.416. The van der Waals surface area contributed by atoms with Crippen LogP contribution in [0, 0.1) is 18.8 Å². The quantitative estimate of drug-likeness (QED) is 0.408. The lowest BCUT2D eigenvalue weighted by atomic mass is 10.1. The first-order valence-corrected chi connectivity index (χ1v) is 10.3. The molecule has 0 aliphatic carbocycles. The van der Waals surface area contributed by atoms with E-state index in [1.807, 2.05) is 73.7 Å². The maximum absolute atomic E-state index is 9.85. The summed E-state index contributed by atoms with van der Waals surface area (Å²) in [5.41, 5.74) is 9.09. The molecular weight excluding hydrogens is 400 g/mol. The van der Waals surface area contributed by atoms with Crippen molar-refractivity contribution >= 4 is 22.4 Å². The van der Waals surface area contributed by atoms with Gasteiger partial charge in [-0.05, 0) is 67.9 Å². The fraction of sp³-hybridized carbons (Fsp3) is 0.154. The van der Waals surface area contributed by atoms with Gasteiger partial charge in [0.05, 0.1) is 5.52 Å². The summed E-state index contributed by atoms with van der Waals surface area (Å²) in [6, 6.07) is 20.8. The van der Waals surface area contributed by atoms with Crippen molar-refractivity contribution in [2.75, 3.05) is 5.32 Å². The number of aryl methyl sites for hydroxylation is 1. The number of anilines is 2. The van der Waals surface area contributed by atoms with E-state index in [4.69, 9.17) is 10.5 Å². The maximum Gasteiger partial charge on any atom is 0.141 e. The Morgan fingerprint density at radius 2 is 1.84 bits per heavy atom. The van der Waals surface area contributed by atoms with Crippen molar-refractivity contribution in [1.82, 2.24) is 9.97 Å². The van der Waals surface area contributed by atoms with Gasteiger partial charge in [-0.3, -0.25) is 0 Å². The topological polar surface area (TPSA) is 93.3 Å². The normalized spacial score (nSPS) is 12.5. The molecule has 0 radical (unpaired) electrons. The van der Waals surface area contributed by atoms with Crippen LogP contribution in [0.4, 0.5) is 11.5 Å². The molecule has 2 unspecified atom stereocenters. The monoisotopic (exact) mass is 424 g/mol. The van der Waals surface area contributed by atoms with E-state index in [2.05, 4.69) is 27.1 Å². The average Bonchev–Trinajstić information content (AvgIpc) is 2.80. The van der Waals surface area contributed by atoms with Crippen LogP contribution < -0.4 is 15.8 Å². The van der Waals surface area contributed by atoms with Gasteiger partial charge in [0.1, 0.15) is 29.7 Å². The van der Waals surface area contributed by atoms with E-state index in [0.717, 1.165) is 39.2 Å². The first-order chi connectivity index (χ1) is 15.5. The minimum atomic E-state index is -0.880. The molecule has 0 saturated carbocycles. The summed E-state index contributed by atoms with van der Waals surface area (Å²) in [6.45, 7) is 3.72. The highest BCUT2D eigenvalue weighted by Crippen LogP contribution is 2.29. The predicted octanol–water partition coefficient (Wildman–Crippen LogP) is 4.53. The highest BCUT2D eigenvalue weighted by Gasteiger charge is 2.08. The summed E-state index contributed by atoms with van der Waals surface area (Å²) in [5, 5.41) is 14.0. The van der Waals surface area contributed by atoms with Gasteiger partial charge in [-0.2, -0.15) is 0 Å². The van der Waals surface area contributed by atoms with Gasteiger partial charge in [0.2, 0.25) is 0 Å². The van der Waals surface area contributed by atoms with Crippen LogP contribution in [-0.2, 0) is 0 Å². The molecule has 0 bridgehead atoms. The van der Waals surface area contributed by atoms with Crippen molar-refractivity contribution in [3.8, 4) is 23.3 Å². The Morgan fingerprint density at radius 3 is 2.59 bits per heavy atom. The molecule has 0 aliphatic heterocycles. The number of rotatable bonds is 5. The molecule has 0 spiro atoms. The number of benzene rings is 3. The summed E-state index contributed by atoms with van der Waals surface area (Å²) >= 11 is 0. The molecule has 32 heavy (non-hydrogen) atoms. The molecule has 4 aromatic rings. The van der Waals surface area contributed by atoms with E-state index in [1.165, 1.54) is 6.33 Å². The summed E-state index contributed by atoms with van der Waals surface area (Å²) in [7, 11) is 0. The number of aliphatic hydroxyl groups is 1. The van der Waals surface area contributed by atoms with Gasteiger partial charge in [0.25, 0.3) is 0 Å². The van der Waals surface area contributed by atoms with Crippen LogP contribution in [0.5, 0.6) is 11.5 Å². The van der Waals surface area contributed by atoms with Crippen LogP contribution in [0.1, 0.15) is 18.1 Å². The van der Waals surface area contributed by atoms with Gasteiger partial charge < -0.3 is 20.9 Å². The minimum Gasteiger partial charge on any atom is -0.457 e. The van der Waals surface area contributed by atoms with E-state index in [0.29, 0.717) is 5.82 Å². The number of nitrogens with two attached hydrogens (primary N) is 1. The van der Waals surface area contributed by atoms with Crippen molar-refractivity contribution in [3.05, 3.63) is 84.2 Å². The molecule has 6 heteroatoms. The molecule has 3 aromatic carbocycles. The van der Waals surface area contributed by atoms with Crippen LogP contribution in [0.25, 0.3) is 10.9 Å². The van der Waals surface area contributed by atoms with Gasteiger partial charge in [-0.15, -0.1) is 0 Å². The van der Waals surface area contributed by atoms with E-state index < -0.39 is 12.1 Å². The van der Waals surface area contributed by atoms with Gasteiger partial charge in [0, 0.05) is 22.7 Å². The van der Waals surface area contributed by atoms with E-state index in [-0.39, 0.29) is 0 Å². The molecule has 160 valence electrons.